The van der Waals surface area contributed by atoms with Crippen LogP contribution in [-0.2, 0) is 13.5 Å². The van der Waals surface area contributed by atoms with Crippen molar-refractivity contribution in [2.75, 3.05) is 6.54 Å². The molecule has 1 unspecified atom stereocenters. The van der Waals surface area contributed by atoms with Gasteiger partial charge in [0, 0.05) is 17.9 Å². The molecular weight excluding hydrogens is 314 g/mol. The van der Waals surface area contributed by atoms with Crippen LogP contribution in [0, 0.1) is 5.92 Å². The summed E-state index contributed by atoms with van der Waals surface area (Å²) in [6, 6.07) is 6.28. The second-order valence-corrected chi connectivity index (χ2v) is 6.41. The molecule has 0 aliphatic carbocycles. The zero-order valence-corrected chi connectivity index (χ0v) is 14.0. The predicted octanol–water partition coefficient (Wildman–Crippen LogP) is 4.03. The van der Waals surface area contributed by atoms with Crippen molar-refractivity contribution in [3.63, 3.8) is 0 Å². The molecule has 4 heteroatoms. The molecule has 0 amide bonds. The molecule has 3 nitrogen and oxygen atoms in total. The largest absolute Gasteiger partial charge is 0.331 e. The third-order valence-corrected chi connectivity index (χ3v) is 4.48. The molecule has 0 aliphatic heterocycles. The van der Waals surface area contributed by atoms with E-state index in [0.29, 0.717) is 0 Å². The number of rotatable bonds is 7. The fourth-order valence-electron chi connectivity index (χ4n) is 2.86. The number of aryl methyl sites for hydroxylation is 2. The van der Waals surface area contributed by atoms with E-state index in [1.54, 1.807) is 0 Å². The van der Waals surface area contributed by atoms with Crippen molar-refractivity contribution >= 4 is 27.0 Å². The molecule has 1 heterocycles. The summed E-state index contributed by atoms with van der Waals surface area (Å²) in [5.74, 6) is 1.91. The van der Waals surface area contributed by atoms with Gasteiger partial charge >= 0.3 is 0 Å². The van der Waals surface area contributed by atoms with E-state index in [-0.39, 0.29) is 0 Å². The molecule has 20 heavy (non-hydrogen) atoms. The van der Waals surface area contributed by atoms with Crippen LogP contribution in [-0.4, -0.2) is 16.1 Å². The lowest BCUT2D eigenvalue weighted by atomic mass is 9.94. The highest BCUT2D eigenvalue weighted by Gasteiger charge is 2.12. The lowest BCUT2D eigenvalue weighted by Gasteiger charge is -2.14. The normalized spacial score (nSPS) is 13.0. The Balaban J connectivity index is 2.11. The first-order chi connectivity index (χ1) is 9.65. The molecule has 2 rings (SSSR count). The smallest absolute Gasteiger partial charge is 0.109 e. The fourth-order valence-corrected chi connectivity index (χ4v) is 3.21. The van der Waals surface area contributed by atoms with Crippen molar-refractivity contribution < 1.29 is 0 Å². The van der Waals surface area contributed by atoms with E-state index in [2.05, 4.69) is 52.7 Å². The van der Waals surface area contributed by atoms with Gasteiger partial charge in [-0.15, -0.1) is 0 Å². The van der Waals surface area contributed by atoms with Crippen molar-refractivity contribution in [1.82, 2.24) is 9.55 Å². The van der Waals surface area contributed by atoms with Gasteiger partial charge in [-0.3, -0.25) is 0 Å². The molecule has 1 aromatic heterocycles. The zero-order chi connectivity index (χ0) is 14.5. The number of fused-ring (bicyclic) bond motifs is 1. The van der Waals surface area contributed by atoms with E-state index >= 15 is 0 Å². The minimum absolute atomic E-state index is 0.733. The van der Waals surface area contributed by atoms with E-state index in [9.17, 15) is 0 Å². The predicted molar refractivity (Wildman–Crippen MR) is 88.8 cm³/mol. The van der Waals surface area contributed by atoms with Gasteiger partial charge in [-0.05, 0) is 43.5 Å². The van der Waals surface area contributed by atoms with Gasteiger partial charge in [0.1, 0.15) is 5.82 Å². The van der Waals surface area contributed by atoms with E-state index < -0.39 is 0 Å². The zero-order valence-electron chi connectivity index (χ0n) is 12.4. The summed E-state index contributed by atoms with van der Waals surface area (Å²) in [4.78, 5) is 4.77. The molecule has 110 valence electrons. The number of halogens is 1. The van der Waals surface area contributed by atoms with Crippen LogP contribution in [0.3, 0.4) is 0 Å². The Morgan fingerprint density at radius 3 is 2.80 bits per heavy atom. The lowest BCUT2D eigenvalue weighted by Crippen LogP contribution is -2.11. The maximum Gasteiger partial charge on any atom is 0.109 e. The van der Waals surface area contributed by atoms with Gasteiger partial charge in [-0.1, -0.05) is 35.7 Å². The number of hydrogen-bond acceptors (Lipinski definition) is 2. The first-order valence-electron chi connectivity index (χ1n) is 7.46. The average molecular weight is 338 g/mol. The van der Waals surface area contributed by atoms with E-state index in [0.717, 1.165) is 35.3 Å². The average Bonchev–Trinajstić information content (AvgIpc) is 2.72. The molecule has 2 aromatic rings. The van der Waals surface area contributed by atoms with Crippen LogP contribution in [0.4, 0.5) is 0 Å². The van der Waals surface area contributed by atoms with Gasteiger partial charge in [0.05, 0.1) is 11.0 Å². The molecule has 1 aromatic carbocycles. The van der Waals surface area contributed by atoms with Crippen LogP contribution < -0.4 is 5.73 Å². The molecule has 0 spiro atoms. The number of benzene rings is 1. The third-order valence-electron chi connectivity index (χ3n) is 3.98. The first-order valence-corrected chi connectivity index (χ1v) is 8.26. The lowest BCUT2D eigenvalue weighted by molar-refractivity contribution is 0.416. The van der Waals surface area contributed by atoms with Crippen molar-refractivity contribution in [3.8, 4) is 0 Å². The standard InChI is InChI=1S/C16H24BrN3/c1-3-4-12(9-10-18)5-8-16-19-14-11-13(17)6-7-15(14)20(16)2/h6-7,11-12H,3-5,8-10,18H2,1-2H3. The molecule has 0 radical (unpaired) electrons. The molecule has 0 saturated heterocycles. The Hall–Kier alpha value is -0.870. The Kier molecular flexibility index (Phi) is 5.61. The van der Waals surface area contributed by atoms with E-state index in [1.165, 1.54) is 30.6 Å². The number of imidazole rings is 1. The van der Waals surface area contributed by atoms with E-state index in [4.69, 9.17) is 10.7 Å². The van der Waals surface area contributed by atoms with Gasteiger partial charge < -0.3 is 10.3 Å². The number of aromatic nitrogens is 2. The van der Waals surface area contributed by atoms with Crippen molar-refractivity contribution in [2.45, 2.75) is 39.0 Å². The van der Waals surface area contributed by atoms with E-state index in [1.807, 2.05) is 0 Å². The van der Waals surface area contributed by atoms with Crippen LogP contribution in [0.1, 0.15) is 38.4 Å². The minimum atomic E-state index is 0.733. The minimum Gasteiger partial charge on any atom is -0.331 e. The summed E-state index contributed by atoms with van der Waals surface area (Å²) in [5, 5.41) is 0. The van der Waals surface area contributed by atoms with Gasteiger partial charge in [-0.25, -0.2) is 4.98 Å². The Morgan fingerprint density at radius 1 is 1.30 bits per heavy atom. The summed E-state index contributed by atoms with van der Waals surface area (Å²) in [7, 11) is 2.11. The van der Waals surface area contributed by atoms with Gasteiger partial charge in [0.2, 0.25) is 0 Å². The highest BCUT2D eigenvalue weighted by Crippen LogP contribution is 2.22. The molecule has 2 N–H and O–H groups in total. The van der Waals surface area contributed by atoms with Crippen molar-refractivity contribution in [2.24, 2.45) is 18.7 Å². The van der Waals surface area contributed by atoms with Crippen LogP contribution in [0.25, 0.3) is 11.0 Å². The number of nitrogens with two attached hydrogens (primary N) is 1. The van der Waals surface area contributed by atoms with Gasteiger partial charge in [0.15, 0.2) is 0 Å². The summed E-state index contributed by atoms with van der Waals surface area (Å²) in [6.07, 6.45) is 5.85. The quantitative estimate of drug-likeness (QED) is 0.828. The van der Waals surface area contributed by atoms with Crippen molar-refractivity contribution in [3.05, 3.63) is 28.5 Å². The van der Waals surface area contributed by atoms with Gasteiger partial charge in [0.25, 0.3) is 0 Å². The Bertz CT molecular complexity index is 556. The summed E-state index contributed by atoms with van der Waals surface area (Å²) >= 11 is 3.51. The SMILES string of the molecule is CCCC(CCN)CCc1nc2cc(Br)ccc2n1C. The maximum atomic E-state index is 5.71. The molecular formula is C16H24BrN3. The molecule has 0 bridgehead atoms. The number of hydrogen-bond donors (Lipinski definition) is 1. The highest BCUT2D eigenvalue weighted by molar-refractivity contribution is 9.10. The second kappa shape index (κ2) is 7.23. The van der Waals surface area contributed by atoms with Crippen LogP contribution in [0.15, 0.2) is 22.7 Å². The van der Waals surface area contributed by atoms with Crippen LogP contribution in [0.5, 0.6) is 0 Å². The van der Waals surface area contributed by atoms with Crippen LogP contribution in [0.2, 0.25) is 0 Å². The summed E-state index contributed by atoms with van der Waals surface area (Å²) < 4.78 is 3.30. The fraction of sp³-hybridized carbons (Fsp3) is 0.562. The Labute approximate surface area is 129 Å². The highest BCUT2D eigenvalue weighted by atomic mass is 79.9. The van der Waals surface area contributed by atoms with Crippen LogP contribution >= 0.6 is 15.9 Å². The first kappa shape index (κ1) is 15.5. The number of nitrogens with zero attached hydrogens (tertiary/aromatic N) is 2. The topological polar surface area (TPSA) is 43.8 Å². The second-order valence-electron chi connectivity index (χ2n) is 5.49. The monoisotopic (exact) mass is 337 g/mol. The maximum absolute atomic E-state index is 5.71. The van der Waals surface area contributed by atoms with Gasteiger partial charge in [-0.2, -0.15) is 0 Å². The molecule has 1 atom stereocenters. The van der Waals surface area contributed by atoms with Crippen molar-refractivity contribution in [1.29, 1.82) is 0 Å². The summed E-state index contributed by atoms with van der Waals surface area (Å²) in [6.45, 7) is 3.04. The third kappa shape index (κ3) is 3.61. The Morgan fingerprint density at radius 2 is 2.10 bits per heavy atom. The molecule has 0 saturated carbocycles. The summed E-state index contributed by atoms with van der Waals surface area (Å²) in [5.41, 5.74) is 7.99. The molecule has 0 aliphatic rings. The molecule has 0 fully saturated rings.